The van der Waals surface area contributed by atoms with Gasteiger partial charge in [-0.2, -0.15) is 5.10 Å². The van der Waals surface area contributed by atoms with E-state index in [2.05, 4.69) is 20.7 Å². The molecule has 0 spiro atoms. The number of fused-ring (bicyclic) bond motifs is 2. The van der Waals surface area contributed by atoms with Gasteiger partial charge in [0.05, 0.1) is 23.3 Å². The van der Waals surface area contributed by atoms with Crippen LogP contribution in [0.5, 0.6) is 0 Å². The first-order valence-corrected chi connectivity index (χ1v) is 9.77. The number of amides is 2. The van der Waals surface area contributed by atoms with E-state index in [-0.39, 0.29) is 18.1 Å². The third kappa shape index (κ3) is 3.02. The standard InChI is InChI=1S/C22H19N5O4/c1-11-17(12-6-3-4-7-14(12)23-11)19(29)22(30)25-20-18-13(15-8-5-9-31-15)10-16(28)24-21(18)27(2)26-20/h3-9,13,23H,10H2,1-2H3,(H,24,28)(H,25,26,30)/t13-/m1/s1. The molecule has 3 N–H and O–H groups in total. The van der Waals surface area contributed by atoms with Crippen molar-refractivity contribution in [3.8, 4) is 0 Å². The first-order valence-electron chi connectivity index (χ1n) is 9.77. The van der Waals surface area contributed by atoms with Gasteiger partial charge in [0, 0.05) is 30.1 Å². The van der Waals surface area contributed by atoms with Gasteiger partial charge in [-0.05, 0) is 25.1 Å². The minimum atomic E-state index is -0.802. The Balaban J connectivity index is 1.52. The van der Waals surface area contributed by atoms with Gasteiger partial charge in [0.2, 0.25) is 5.91 Å². The van der Waals surface area contributed by atoms with E-state index in [0.29, 0.717) is 33.8 Å². The maximum Gasteiger partial charge on any atom is 0.298 e. The normalized spacial score (nSPS) is 15.5. The maximum atomic E-state index is 13.0. The largest absolute Gasteiger partial charge is 0.469 e. The number of Topliss-reactive ketones (excluding diaryl/α,β-unsaturated/α-hetero) is 1. The smallest absolute Gasteiger partial charge is 0.298 e. The van der Waals surface area contributed by atoms with Gasteiger partial charge in [0.15, 0.2) is 5.82 Å². The second-order valence-corrected chi connectivity index (χ2v) is 7.51. The molecule has 0 bridgehead atoms. The minimum absolute atomic E-state index is 0.143. The number of aryl methyl sites for hydroxylation is 2. The lowest BCUT2D eigenvalue weighted by Gasteiger charge is -2.22. The van der Waals surface area contributed by atoms with Crippen LogP contribution in [0.2, 0.25) is 0 Å². The van der Waals surface area contributed by atoms with Gasteiger partial charge in [-0.1, -0.05) is 18.2 Å². The van der Waals surface area contributed by atoms with Crippen molar-refractivity contribution in [1.29, 1.82) is 0 Å². The highest BCUT2D eigenvalue weighted by Gasteiger charge is 2.35. The van der Waals surface area contributed by atoms with E-state index in [1.165, 1.54) is 10.9 Å². The topological polar surface area (TPSA) is 122 Å². The molecule has 31 heavy (non-hydrogen) atoms. The summed E-state index contributed by atoms with van der Waals surface area (Å²) in [7, 11) is 1.66. The summed E-state index contributed by atoms with van der Waals surface area (Å²) in [6, 6.07) is 10.8. The van der Waals surface area contributed by atoms with Crippen molar-refractivity contribution in [3.05, 3.63) is 65.2 Å². The molecule has 1 aliphatic rings. The number of hydrogen-bond acceptors (Lipinski definition) is 5. The lowest BCUT2D eigenvalue weighted by molar-refractivity contribution is -0.116. The summed E-state index contributed by atoms with van der Waals surface area (Å²) >= 11 is 0. The number of nitrogens with zero attached hydrogens (tertiary/aromatic N) is 2. The Bertz CT molecular complexity index is 1350. The van der Waals surface area contributed by atoms with Gasteiger partial charge in [-0.15, -0.1) is 0 Å². The number of benzene rings is 1. The van der Waals surface area contributed by atoms with Crippen molar-refractivity contribution in [1.82, 2.24) is 14.8 Å². The van der Waals surface area contributed by atoms with E-state index in [4.69, 9.17) is 4.42 Å². The van der Waals surface area contributed by atoms with Crippen LogP contribution in [0.15, 0.2) is 47.1 Å². The Labute approximate surface area is 176 Å². The molecule has 0 unspecified atom stereocenters. The number of para-hydroxylation sites is 1. The SMILES string of the molecule is Cc1[nH]c2ccccc2c1C(=O)C(=O)Nc1nn(C)c2c1[C@@H](c1ccco1)CC(=O)N2. The fraction of sp³-hybridized carbons (Fsp3) is 0.182. The molecule has 0 radical (unpaired) electrons. The van der Waals surface area contributed by atoms with Crippen LogP contribution >= 0.6 is 0 Å². The number of ketones is 1. The van der Waals surface area contributed by atoms with Crippen LogP contribution in [-0.2, 0) is 16.6 Å². The second-order valence-electron chi connectivity index (χ2n) is 7.51. The molecule has 0 saturated heterocycles. The summed E-state index contributed by atoms with van der Waals surface area (Å²) in [6.07, 6.45) is 1.67. The molecule has 9 nitrogen and oxygen atoms in total. The number of carbonyl (C=O) groups excluding carboxylic acids is 3. The van der Waals surface area contributed by atoms with Crippen LogP contribution in [0.1, 0.15) is 39.7 Å². The molecule has 9 heteroatoms. The number of aromatic amines is 1. The number of furan rings is 1. The molecule has 4 aromatic rings. The van der Waals surface area contributed by atoms with Crippen LogP contribution in [0.4, 0.5) is 11.6 Å². The molecule has 3 aromatic heterocycles. The van der Waals surface area contributed by atoms with Gasteiger partial charge in [-0.3, -0.25) is 19.1 Å². The van der Waals surface area contributed by atoms with Gasteiger partial charge in [0.1, 0.15) is 11.6 Å². The molecule has 0 fully saturated rings. The van der Waals surface area contributed by atoms with Crippen molar-refractivity contribution < 1.29 is 18.8 Å². The van der Waals surface area contributed by atoms with E-state index >= 15 is 0 Å². The monoisotopic (exact) mass is 417 g/mol. The van der Waals surface area contributed by atoms with Gasteiger partial charge < -0.3 is 20.0 Å². The van der Waals surface area contributed by atoms with E-state index in [0.717, 1.165) is 5.52 Å². The summed E-state index contributed by atoms with van der Waals surface area (Å²) in [5.74, 6) is -0.808. The van der Waals surface area contributed by atoms with Crippen molar-refractivity contribution in [2.75, 3.05) is 10.6 Å². The maximum absolute atomic E-state index is 13.0. The van der Waals surface area contributed by atoms with E-state index in [1.807, 2.05) is 18.2 Å². The zero-order chi connectivity index (χ0) is 21.7. The zero-order valence-electron chi connectivity index (χ0n) is 16.9. The number of hydrogen-bond donors (Lipinski definition) is 3. The summed E-state index contributed by atoms with van der Waals surface area (Å²) in [4.78, 5) is 41.3. The third-order valence-corrected chi connectivity index (χ3v) is 5.53. The van der Waals surface area contributed by atoms with E-state index in [1.54, 1.807) is 32.2 Å². The number of anilines is 2. The molecule has 2 amide bonds. The average Bonchev–Trinajstić information content (AvgIpc) is 3.45. The summed E-state index contributed by atoms with van der Waals surface area (Å²) in [5.41, 5.74) is 2.33. The Morgan fingerprint density at radius 2 is 2.03 bits per heavy atom. The average molecular weight is 417 g/mol. The molecular formula is C22H19N5O4. The molecule has 4 heterocycles. The fourth-order valence-corrected chi connectivity index (χ4v) is 4.16. The first-order chi connectivity index (χ1) is 14.9. The predicted octanol–water partition coefficient (Wildman–Crippen LogP) is 3.10. The lowest BCUT2D eigenvalue weighted by Crippen LogP contribution is -2.27. The Morgan fingerprint density at radius 1 is 1.23 bits per heavy atom. The highest BCUT2D eigenvalue weighted by Crippen LogP contribution is 2.41. The zero-order valence-corrected chi connectivity index (χ0v) is 16.9. The summed E-state index contributed by atoms with van der Waals surface area (Å²) < 4.78 is 6.99. The molecule has 156 valence electrons. The third-order valence-electron chi connectivity index (χ3n) is 5.53. The highest BCUT2D eigenvalue weighted by molar-refractivity contribution is 6.48. The Kier molecular flexibility index (Phi) is 4.25. The van der Waals surface area contributed by atoms with Crippen LogP contribution < -0.4 is 10.6 Å². The molecule has 0 saturated carbocycles. The van der Waals surface area contributed by atoms with Crippen LogP contribution in [0, 0.1) is 6.92 Å². The van der Waals surface area contributed by atoms with Crippen molar-refractivity contribution in [3.63, 3.8) is 0 Å². The number of carbonyl (C=O) groups is 3. The van der Waals surface area contributed by atoms with Crippen molar-refractivity contribution in [2.45, 2.75) is 19.3 Å². The minimum Gasteiger partial charge on any atom is -0.469 e. The Morgan fingerprint density at radius 3 is 2.81 bits per heavy atom. The van der Waals surface area contributed by atoms with Crippen molar-refractivity contribution >= 4 is 40.1 Å². The first kappa shape index (κ1) is 18.9. The number of H-pyrrole nitrogens is 1. The van der Waals surface area contributed by atoms with Crippen molar-refractivity contribution in [2.24, 2.45) is 7.05 Å². The van der Waals surface area contributed by atoms with Crippen LogP contribution in [0.3, 0.4) is 0 Å². The summed E-state index contributed by atoms with van der Waals surface area (Å²) in [5, 5.41) is 10.5. The molecule has 1 aromatic carbocycles. The quantitative estimate of drug-likeness (QED) is 0.348. The molecule has 5 rings (SSSR count). The van der Waals surface area contributed by atoms with Gasteiger partial charge >= 0.3 is 0 Å². The molecule has 0 aliphatic carbocycles. The van der Waals surface area contributed by atoms with Crippen LogP contribution in [-0.4, -0.2) is 32.4 Å². The fourth-order valence-electron chi connectivity index (χ4n) is 4.16. The number of rotatable bonds is 4. The van der Waals surface area contributed by atoms with Crippen LogP contribution in [0.25, 0.3) is 10.9 Å². The number of nitrogens with one attached hydrogen (secondary N) is 3. The predicted molar refractivity (Wildman–Crippen MR) is 113 cm³/mol. The molecule has 1 aliphatic heterocycles. The van der Waals surface area contributed by atoms with Gasteiger partial charge in [-0.25, -0.2) is 0 Å². The Hall–Kier alpha value is -4.14. The molecular weight excluding hydrogens is 398 g/mol. The van der Waals surface area contributed by atoms with Gasteiger partial charge in [0.25, 0.3) is 11.7 Å². The lowest BCUT2D eigenvalue weighted by atomic mass is 9.91. The highest BCUT2D eigenvalue weighted by atomic mass is 16.3. The molecule has 1 atom stereocenters. The second kappa shape index (κ2) is 6.98. The van der Waals surface area contributed by atoms with E-state index < -0.39 is 17.6 Å². The van der Waals surface area contributed by atoms with E-state index in [9.17, 15) is 14.4 Å². The number of aromatic nitrogens is 3. The summed E-state index contributed by atoms with van der Waals surface area (Å²) in [6.45, 7) is 1.76.